The van der Waals surface area contributed by atoms with Crippen LogP contribution in [0.4, 0.5) is 0 Å². The monoisotopic (exact) mass is 813 g/mol. The van der Waals surface area contributed by atoms with E-state index in [1.165, 1.54) is 11.1 Å². The normalized spacial score (nSPS) is 19.9. The van der Waals surface area contributed by atoms with E-state index in [1.54, 1.807) is 18.2 Å². The minimum Gasteiger partial charge on any atom is -0.503 e. The largest absolute Gasteiger partial charge is 0.566 e. The lowest BCUT2D eigenvalue weighted by molar-refractivity contribution is -0.141. The molecule has 5 N–H and O–H groups in total. The molecule has 11 nitrogen and oxygen atoms in total. The van der Waals surface area contributed by atoms with Crippen molar-refractivity contribution in [1.82, 2.24) is 14.8 Å². The van der Waals surface area contributed by atoms with Gasteiger partial charge in [0.1, 0.15) is 11.4 Å². The summed E-state index contributed by atoms with van der Waals surface area (Å²) in [4.78, 5) is 49.3. The molecule has 2 amide bonds. The minimum absolute atomic E-state index is 0.0646. The van der Waals surface area contributed by atoms with E-state index >= 15 is 0 Å². The van der Waals surface area contributed by atoms with Crippen LogP contribution in [0.15, 0.2) is 121 Å². The topological polar surface area (TPSA) is 153 Å². The van der Waals surface area contributed by atoms with Gasteiger partial charge in [0.15, 0.2) is 0 Å². The standard InChI is InChI=1S/C49H48BN5O6/c51-29-32-6-4-7-35(24-32)34-16-20-54(21-17-34)45(56)36-8-5-11-39(26-36)49(38-9-2-1-3-10-38)47(58)60-50(61-49)40-13-14-42-37(27-40)28-43(53-42)46(57)55-22-18-48(19-23-55)31-59-44-15-12-33(30-52)25-41(44)48/h1-15,24-28,34,53H,16-23,29-31,51-52H2/t49-/m1/s1. The number of fused-ring (bicyclic) bond motifs is 3. The van der Waals surface area contributed by atoms with Crippen molar-refractivity contribution in [2.75, 3.05) is 32.8 Å². The molecule has 12 heteroatoms. The maximum absolute atomic E-state index is 14.3. The summed E-state index contributed by atoms with van der Waals surface area (Å²) in [7, 11) is -1.04. The Morgan fingerprint density at radius 2 is 1.48 bits per heavy atom. The van der Waals surface area contributed by atoms with Gasteiger partial charge in [-0.25, -0.2) is 4.79 Å². The van der Waals surface area contributed by atoms with Gasteiger partial charge in [0, 0.05) is 61.3 Å². The number of nitrogens with one attached hydrogen (secondary N) is 1. The van der Waals surface area contributed by atoms with Crippen molar-refractivity contribution in [1.29, 1.82) is 0 Å². The van der Waals surface area contributed by atoms with Gasteiger partial charge in [-0.2, -0.15) is 0 Å². The first-order chi connectivity index (χ1) is 29.8. The molecule has 3 fully saturated rings. The molecule has 1 aromatic heterocycles. The summed E-state index contributed by atoms with van der Waals surface area (Å²) < 4.78 is 18.9. The molecule has 0 saturated carbocycles. The van der Waals surface area contributed by atoms with E-state index in [2.05, 4.69) is 29.2 Å². The van der Waals surface area contributed by atoms with Gasteiger partial charge in [0.05, 0.1) is 6.61 Å². The number of aromatic nitrogens is 1. The number of H-pyrrole nitrogens is 1. The highest BCUT2D eigenvalue weighted by Gasteiger charge is 2.56. The van der Waals surface area contributed by atoms with Crippen molar-refractivity contribution < 1.29 is 28.4 Å². The molecule has 4 aliphatic rings. The quantitative estimate of drug-likeness (QED) is 0.161. The summed E-state index contributed by atoms with van der Waals surface area (Å²) >= 11 is 0. The fourth-order valence-corrected chi connectivity index (χ4v) is 9.88. The van der Waals surface area contributed by atoms with E-state index in [0.29, 0.717) is 79.6 Å². The van der Waals surface area contributed by atoms with Crippen molar-refractivity contribution in [3.63, 3.8) is 0 Å². The predicted molar refractivity (Wildman–Crippen MR) is 233 cm³/mol. The number of hydrogen-bond acceptors (Lipinski definition) is 8. The van der Waals surface area contributed by atoms with Crippen molar-refractivity contribution in [2.45, 2.75) is 55.7 Å². The molecule has 4 aliphatic heterocycles. The first kappa shape index (κ1) is 39.0. The number of aromatic amines is 1. The number of piperidine rings is 2. The number of likely N-dealkylation sites (tertiary alicyclic amines) is 2. The van der Waals surface area contributed by atoms with Crippen LogP contribution in [-0.2, 0) is 38.2 Å². The van der Waals surface area contributed by atoms with E-state index in [9.17, 15) is 14.4 Å². The number of hydrogen-bond donors (Lipinski definition) is 3. The summed E-state index contributed by atoms with van der Waals surface area (Å²) in [5.41, 5.74) is 18.2. The zero-order chi connectivity index (χ0) is 41.7. The molecule has 3 saturated heterocycles. The van der Waals surface area contributed by atoms with Gasteiger partial charge in [-0.15, -0.1) is 0 Å². The van der Waals surface area contributed by atoms with Crippen LogP contribution in [0.2, 0.25) is 0 Å². The SMILES string of the molecule is NCc1cccc(C2CCN(C(=O)c3cccc([C@@]4(c5ccccc5)OB(c5ccc6[nH]c(C(=O)N7CCC8(CC7)COc7ccc(CN)cc78)cc6c5)OC4=O)c3)CC2)c1. The molecule has 5 heterocycles. The van der Waals surface area contributed by atoms with Gasteiger partial charge in [-0.1, -0.05) is 91.0 Å². The second kappa shape index (κ2) is 15.7. The third kappa shape index (κ3) is 6.88. The van der Waals surface area contributed by atoms with Crippen LogP contribution in [0, 0.1) is 0 Å². The number of carbonyl (C=O) groups excluding carboxylic acids is 3. The summed E-state index contributed by atoms with van der Waals surface area (Å²) in [6.07, 6.45) is 3.32. The van der Waals surface area contributed by atoms with Crippen molar-refractivity contribution >= 4 is 41.3 Å². The number of rotatable bonds is 8. The van der Waals surface area contributed by atoms with E-state index in [4.69, 9.17) is 25.5 Å². The Balaban J connectivity index is 0.863. The fraction of sp³-hybridized carbons (Fsp3) is 0.286. The third-order valence-electron chi connectivity index (χ3n) is 13.4. The van der Waals surface area contributed by atoms with E-state index in [-0.39, 0.29) is 17.2 Å². The predicted octanol–water partition coefficient (Wildman–Crippen LogP) is 5.88. The molecule has 1 atom stereocenters. The van der Waals surface area contributed by atoms with Gasteiger partial charge in [0.2, 0.25) is 5.60 Å². The lowest BCUT2D eigenvalue weighted by atomic mass is 9.74. The average Bonchev–Trinajstić information content (AvgIpc) is 4.02. The van der Waals surface area contributed by atoms with Crippen LogP contribution in [-0.4, -0.2) is 72.5 Å². The third-order valence-corrected chi connectivity index (χ3v) is 13.4. The first-order valence-corrected chi connectivity index (χ1v) is 21.3. The van der Waals surface area contributed by atoms with Gasteiger partial charge in [-0.05, 0) is 101 Å². The Bertz CT molecular complexity index is 2650. The molecule has 10 rings (SSSR count). The summed E-state index contributed by atoms with van der Waals surface area (Å²) in [6.45, 7) is 4.06. The molecule has 1 spiro atoms. The molecule has 0 aliphatic carbocycles. The average molecular weight is 814 g/mol. The smallest absolute Gasteiger partial charge is 0.503 e. The number of carbonyl (C=O) groups is 3. The first-order valence-electron chi connectivity index (χ1n) is 21.3. The van der Waals surface area contributed by atoms with Crippen LogP contribution >= 0.6 is 0 Å². The second-order valence-electron chi connectivity index (χ2n) is 16.9. The maximum atomic E-state index is 14.3. The minimum atomic E-state index is -1.63. The van der Waals surface area contributed by atoms with Crippen LogP contribution < -0.4 is 21.7 Å². The number of nitrogens with two attached hydrogens (primary N) is 2. The summed E-state index contributed by atoms with van der Waals surface area (Å²) in [5.74, 6) is 0.549. The van der Waals surface area contributed by atoms with Crippen LogP contribution in [0.1, 0.15) is 85.8 Å². The summed E-state index contributed by atoms with van der Waals surface area (Å²) in [5, 5.41) is 0.794. The van der Waals surface area contributed by atoms with Gasteiger partial charge in [0.25, 0.3) is 11.8 Å². The maximum Gasteiger partial charge on any atom is 0.566 e. The van der Waals surface area contributed by atoms with Crippen LogP contribution in [0.5, 0.6) is 5.75 Å². The fourth-order valence-electron chi connectivity index (χ4n) is 9.88. The Hall–Kier alpha value is -6.21. The Morgan fingerprint density at radius 3 is 2.26 bits per heavy atom. The van der Waals surface area contributed by atoms with E-state index < -0.39 is 18.7 Å². The highest BCUT2D eigenvalue weighted by Crippen LogP contribution is 2.46. The molecular formula is C49H48BN5O6. The van der Waals surface area contributed by atoms with Crippen molar-refractivity contribution in [3.8, 4) is 5.75 Å². The Kier molecular flexibility index (Phi) is 10.0. The lowest BCUT2D eigenvalue weighted by Crippen LogP contribution is -2.46. The molecular weight excluding hydrogens is 765 g/mol. The van der Waals surface area contributed by atoms with Gasteiger partial charge in [-0.3, -0.25) is 9.59 Å². The van der Waals surface area contributed by atoms with Gasteiger partial charge < -0.3 is 40.3 Å². The van der Waals surface area contributed by atoms with E-state index in [0.717, 1.165) is 53.5 Å². The van der Waals surface area contributed by atoms with Crippen molar-refractivity contribution in [2.24, 2.45) is 11.5 Å². The zero-order valence-electron chi connectivity index (χ0n) is 34.0. The number of nitrogens with zero attached hydrogens (tertiary/aromatic N) is 2. The molecule has 5 aromatic carbocycles. The Labute approximate surface area is 355 Å². The molecule has 61 heavy (non-hydrogen) atoms. The van der Waals surface area contributed by atoms with E-state index in [1.807, 2.05) is 88.7 Å². The highest BCUT2D eigenvalue weighted by molar-refractivity contribution is 6.65. The number of ether oxygens (including phenoxy) is 1. The number of benzene rings is 5. The molecule has 6 aromatic rings. The highest BCUT2D eigenvalue weighted by atomic mass is 16.7. The second-order valence-corrected chi connectivity index (χ2v) is 16.9. The molecule has 0 unspecified atom stereocenters. The van der Waals surface area contributed by atoms with Crippen molar-refractivity contribution in [3.05, 3.63) is 166 Å². The lowest BCUT2D eigenvalue weighted by Gasteiger charge is -2.38. The van der Waals surface area contributed by atoms with Crippen LogP contribution in [0.25, 0.3) is 10.9 Å². The molecule has 308 valence electrons. The zero-order valence-corrected chi connectivity index (χ0v) is 34.0. The van der Waals surface area contributed by atoms with Gasteiger partial charge >= 0.3 is 13.1 Å². The number of amides is 2. The summed E-state index contributed by atoms with van der Waals surface area (Å²) in [6, 6.07) is 38.5. The Morgan fingerprint density at radius 1 is 0.738 bits per heavy atom. The molecule has 0 bridgehead atoms. The van der Waals surface area contributed by atoms with Crippen LogP contribution in [0.3, 0.4) is 0 Å². The molecule has 0 radical (unpaired) electrons.